The van der Waals surface area contributed by atoms with E-state index in [-0.39, 0.29) is 12.0 Å². The van der Waals surface area contributed by atoms with Gasteiger partial charge in [0, 0.05) is 0 Å². The Morgan fingerprint density at radius 2 is 1.89 bits per heavy atom. The number of nitrogens with zero attached hydrogens (tertiary/aromatic N) is 2. The van der Waals surface area contributed by atoms with E-state index in [9.17, 15) is 4.79 Å². The van der Waals surface area contributed by atoms with E-state index in [0.717, 1.165) is 11.3 Å². The SMILES string of the molecule is COc1cc(/C=C2/C(=O)N(c3ccccc3)N=C2C)cc(Cl)c1OC(C)C. The van der Waals surface area contributed by atoms with Crippen molar-refractivity contribution in [2.24, 2.45) is 5.10 Å². The molecular weight excluding hydrogens is 364 g/mol. The van der Waals surface area contributed by atoms with E-state index in [1.807, 2.05) is 51.1 Å². The zero-order valence-electron chi connectivity index (χ0n) is 15.7. The molecule has 6 heteroatoms. The number of rotatable bonds is 5. The highest BCUT2D eigenvalue weighted by atomic mass is 35.5. The van der Waals surface area contributed by atoms with Gasteiger partial charge < -0.3 is 9.47 Å². The third kappa shape index (κ3) is 3.98. The Bertz CT molecular complexity index is 921. The van der Waals surface area contributed by atoms with Crippen molar-refractivity contribution in [1.82, 2.24) is 0 Å². The molecule has 3 rings (SSSR count). The van der Waals surface area contributed by atoms with E-state index in [0.29, 0.717) is 27.8 Å². The van der Waals surface area contributed by atoms with Crippen LogP contribution in [0.15, 0.2) is 53.1 Å². The number of benzene rings is 2. The van der Waals surface area contributed by atoms with Crippen molar-refractivity contribution in [3.63, 3.8) is 0 Å². The molecule has 0 fully saturated rings. The summed E-state index contributed by atoms with van der Waals surface area (Å²) in [5.41, 5.74) is 2.61. The highest BCUT2D eigenvalue weighted by Crippen LogP contribution is 2.38. The van der Waals surface area contributed by atoms with E-state index < -0.39 is 0 Å². The molecule has 1 aliphatic rings. The summed E-state index contributed by atoms with van der Waals surface area (Å²) in [6, 6.07) is 12.9. The van der Waals surface area contributed by atoms with E-state index in [1.165, 1.54) is 5.01 Å². The van der Waals surface area contributed by atoms with Crippen molar-refractivity contribution in [2.45, 2.75) is 26.9 Å². The molecule has 0 saturated carbocycles. The van der Waals surface area contributed by atoms with Crippen LogP contribution in [0.5, 0.6) is 11.5 Å². The molecule has 0 unspecified atom stereocenters. The van der Waals surface area contributed by atoms with Gasteiger partial charge in [-0.15, -0.1) is 0 Å². The monoisotopic (exact) mass is 384 g/mol. The second kappa shape index (κ2) is 7.84. The Kier molecular flexibility index (Phi) is 5.51. The molecule has 0 aliphatic carbocycles. The first-order valence-corrected chi connectivity index (χ1v) is 8.99. The van der Waals surface area contributed by atoms with Gasteiger partial charge in [-0.1, -0.05) is 29.8 Å². The quantitative estimate of drug-likeness (QED) is 0.686. The molecule has 2 aromatic carbocycles. The fourth-order valence-electron chi connectivity index (χ4n) is 2.77. The Balaban J connectivity index is 1.96. The number of anilines is 1. The number of methoxy groups -OCH3 is 1. The number of amides is 1. The van der Waals surface area contributed by atoms with Gasteiger partial charge in [-0.2, -0.15) is 10.1 Å². The van der Waals surface area contributed by atoms with Gasteiger partial charge in [0.1, 0.15) is 0 Å². The molecule has 27 heavy (non-hydrogen) atoms. The minimum Gasteiger partial charge on any atom is -0.493 e. The summed E-state index contributed by atoms with van der Waals surface area (Å²) >= 11 is 6.38. The van der Waals surface area contributed by atoms with Gasteiger partial charge in [0.15, 0.2) is 11.5 Å². The van der Waals surface area contributed by atoms with Crippen molar-refractivity contribution in [3.05, 3.63) is 58.6 Å². The third-order valence-electron chi connectivity index (χ3n) is 3.98. The zero-order valence-corrected chi connectivity index (χ0v) is 16.4. The number of hydrogen-bond donors (Lipinski definition) is 0. The highest BCUT2D eigenvalue weighted by Gasteiger charge is 2.28. The molecule has 1 aliphatic heterocycles. The van der Waals surface area contributed by atoms with Crippen molar-refractivity contribution < 1.29 is 14.3 Å². The van der Waals surface area contributed by atoms with Crippen LogP contribution in [0.3, 0.4) is 0 Å². The molecule has 5 nitrogen and oxygen atoms in total. The number of carbonyl (C=O) groups excluding carboxylic acids is 1. The third-order valence-corrected chi connectivity index (χ3v) is 4.26. The molecule has 0 aromatic heterocycles. The second-order valence-corrected chi connectivity index (χ2v) is 6.80. The largest absolute Gasteiger partial charge is 0.493 e. The van der Waals surface area contributed by atoms with E-state index in [4.69, 9.17) is 21.1 Å². The summed E-state index contributed by atoms with van der Waals surface area (Å²) in [5, 5.41) is 6.21. The van der Waals surface area contributed by atoms with E-state index >= 15 is 0 Å². The average molecular weight is 385 g/mol. The van der Waals surface area contributed by atoms with Crippen molar-refractivity contribution in [1.29, 1.82) is 0 Å². The van der Waals surface area contributed by atoms with Crippen molar-refractivity contribution in [3.8, 4) is 11.5 Å². The van der Waals surface area contributed by atoms with Gasteiger partial charge >= 0.3 is 0 Å². The maximum atomic E-state index is 12.8. The van der Waals surface area contributed by atoms with Crippen LogP contribution in [0.25, 0.3) is 6.08 Å². The first kappa shape index (κ1) is 19.0. The predicted octanol–water partition coefficient (Wildman–Crippen LogP) is 4.94. The lowest BCUT2D eigenvalue weighted by molar-refractivity contribution is -0.114. The molecule has 0 spiro atoms. The first-order chi connectivity index (χ1) is 12.9. The maximum absolute atomic E-state index is 12.8. The van der Waals surface area contributed by atoms with Gasteiger partial charge in [-0.05, 0) is 56.7 Å². The average Bonchev–Trinajstić information content (AvgIpc) is 2.92. The number of para-hydroxylation sites is 1. The minimum absolute atomic E-state index is 0.0363. The summed E-state index contributed by atoms with van der Waals surface area (Å²) in [5.74, 6) is 0.824. The molecule has 1 heterocycles. The smallest absolute Gasteiger partial charge is 0.280 e. The van der Waals surface area contributed by atoms with Crippen LogP contribution in [-0.2, 0) is 4.79 Å². The number of carbonyl (C=O) groups is 1. The molecule has 0 saturated heterocycles. The maximum Gasteiger partial charge on any atom is 0.280 e. The van der Waals surface area contributed by atoms with Gasteiger partial charge in [0.2, 0.25) is 0 Å². The van der Waals surface area contributed by atoms with Crippen LogP contribution in [0, 0.1) is 0 Å². The topological polar surface area (TPSA) is 51.1 Å². The normalized spacial score (nSPS) is 15.5. The standard InChI is InChI=1S/C21H21ClN2O3/c1-13(2)27-20-18(22)11-15(12-19(20)26-4)10-17-14(3)23-24(21(17)25)16-8-6-5-7-9-16/h5-13H,1-4H3/b17-10+. The Morgan fingerprint density at radius 3 is 2.52 bits per heavy atom. The summed E-state index contributed by atoms with van der Waals surface area (Å²) < 4.78 is 11.1. The summed E-state index contributed by atoms with van der Waals surface area (Å²) in [6.07, 6.45) is 1.73. The molecule has 140 valence electrons. The van der Waals surface area contributed by atoms with Crippen LogP contribution in [0.4, 0.5) is 5.69 Å². The molecule has 1 amide bonds. The molecule has 0 atom stereocenters. The van der Waals surface area contributed by atoms with Gasteiger partial charge in [0.05, 0.1) is 35.2 Å². The van der Waals surface area contributed by atoms with Crippen LogP contribution >= 0.6 is 11.6 Å². The lowest BCUT2D eigenvalue weighted by Crippen LogP contribution is -2.21. The summed E-state index contributed by atoms with van der Waals surface area (Å²) in [6.45, 7) is 5.64. The summed E-state index contributed by atoms with van der Waals surface area (Å²) in [4.78, 5) is 12.8. The van der Waals surface area contributed by atoms with Gasteiger partial charge in [-0.3, -0.25) is 4.79 Å². The van der Waals surface area contributed by atoms with Gasteiger partial charge in [0.25, 0.3) is 5.91 Å². The number of hydrogen-bond acceptors (Lipinski definition) is 4. The molecule has 0 radical (unpaired) electrons. The minimum atomic E-state index is -0.184. The van der Waals surface area contributed by atoms with Crippen LogP contribution in [-0.4, -0.2) is 24.8 Å². The van der Waals surface area contributed by atoms with Crippen molar-refractivity contribution >= 4 is 35.0 Å². The van der Waals surface area contributed by atoms with Gasteiger partial charge in [-0.25, -0.2) is 0 Å². The predicted molar refractivity (Wildman–Crippen MR) is 109 cm³/mol. The molecule has 0 N–H and O–H groups in total. The lowest BCUT2D eigenvalue weighted by atomic mass is 10.1. The molecule has 2 aromatic rings. The first-order valence-electron chi connectivity index (χ1n) is 8.61. The van der Waals surface area contributed by atoms with Crippen LogP contribution in [0.2, 0.25) is 5.02 Å². The van der Waals surface area contributed by atoms with Crippen LogP contribution in [0.1, 0.15) is 26.3 Å². The lowest BCUT2D eigenvalue weighted by Gasteiger charge is -2.16. The second-order valence-electron chi connectivity index (χ2n) is 6.40. The highest BCUT2D eigenvalue weighted by molar-refractivity contribution is 6.33. The molecule has 0 bridgehead atoms. The Morgan fingerprint density at radius 1 is 1.19 bits per heavy atom. The fraction of sp³-hybridized carbons (Fsp3) is 0.238. The van der Waals surface area contributed by atoms with Crippen molar-refractivity contribution in [2.75, 3.05) is 12.1 Å². The Labute approximate surface area is 163 Å². The summed E-state index contributed by atoms with van der Waals surface area (Å²) in [7, 11) is 1.56. The number of ether oxygens (including phenoxy) is 2. The van der Waals surface area contributed by atoms with E-state index in [1.54, 1.807) is 25.3 Å². The zero-order chi connectivity index (χ0) is 19.6. The fourth-order valence-corrected chi connectivity index (χ4v) is 3.03. The number of hydrazone groups is 1. The number of halogens is 1. The Hall–Kier alpha value is -2.79. The van der Waals surface area contributed by atoms with E-state index in [2.05, 4.69) is 5.10 Å². The molecular formula is C21H21ClN2O3. The van der Waals surface area contributed by atoms with Crippen LogP contribution < -0.4 is 14.5 Å².